The quantitative estimate of drug-likeness (QED) is 0.0806. The van der Waals surface area contributed by atoms with Crippen molar-refractivity contribution in [2.24, 2.45) is 45.5 Å². The first-order valence-electron chi connectivity index (χ1n) is 27.2. The third-order valence-electron chi connectivity index (χ3n) is 16.5. The number of fused-ring (bicyclic) bond motifs is 13. The first kappa shape index (κ1) is 56.9. The van der Waals surface area contributed by atoms with E-state index in [0.29, 0.717) is 57.8 Å². The molecule has 3 aromatic carbocycles. The molecule has 9 rings (SSSR count). The second-order valence-corrected chi connectivity index (χ2v) is 22.6. The molecule has 0 saturated carbocycles. The largest absolute Gasteiger partial charge is 0.507 e. The van der Waals surface area contributed by atoms with Crippen LogP contribution in [0.4, 0.5) is 11.4 Å². The molecule has 2 fully saturated rings. The van der Waals surface area contributed by atoms with Crippen molar-refractivity contribution in [1.29, 1.82) is 0 Å². The molecular formula is C59H78N6O12. The Kier molecular flexibility index (Phi) is 16.9. The van der Waals surface area contributed by atoms with E-state index in [2.05, 4.69) is 29.4 Å². The zero-order chi connectivity index (χ0) is 55.8. The highest BCUT2D eigenvalue weighted by Gasteiger charge is 2.50. The van der Waals surface area contributed by atoms with Crippen LogP contribution in [0.25, 0.3) is 10.8 Å². The smallest absolute Gasteiger partial charge is 0.318 e. The number of para-hydroxylation sites is 1. The van der Waals surface area contributed by atoms with Crippen molar-refractivity contribution < 1.29 is 58.6 Å². The number of phenolic OH excluding ortho intramolecular Hbond substituents is 2. The number of aromatic hydroxyl groups is 2. The van der Waals surface area contributed by atoms with Gasteiger partial charge in [0, 0.05) is 112 Å². The molecule has 18 heteroatoms. The molecule has 0 aliphatic carbocycles. The number of nitrogens with one attached hydrogen (secondary N) is 2. The van der Waals surface area contributed by atoms with E-state index in [0.717, 1.165) is 12.2 Å². The van der Waals surface area contributed by atoms with Gasteiger partial charge in [0.25, 0.3) is 11.7 Å². The molecule has 5 bridgehead atoms. The number of nitrogens with zero attached hydrogens (tertiary/aromatic N) is 4. The van der Waals surface area contributed by atoms with Crippen LogP contribution in [0.3, 0.4) is 0 Å². The van der Waals surface area contributed by atoms with Gasteiger partial charge in [-0.05, 0) is 57.7 Å². The number of Topliss-reactive ketones (excluding diaryl/α,β-unsaturated/α-hetero) is 1. The van der Waals surface area contributed by atoms with Crippen LogP contribution < -0.4 is 26.1 Å². The number of ketones is 1. The first-order chi connectivity index (χ1) is 36.5. The van der Waals surface area contributed by atoms with Crippen molar-refractivity contribution in [1.82, 2.24) is 9.80 Å². The molecule has 0 radical (unpaired) electrons. The predicted octanol–water partition coefficient (Wildman–Crippen LogP) is 6.47. The highest BCUT2D eigenvalue weighted by atomic mass is 16.7. The van der Waals surface area contributed by atoms with Crippen LogP contribution in [0.5, 0.6) is 17.2 Å². The van der Waals surface area contributed by atoms with Crippen LogP contribution >= 0.6 is 0 Å². The molecule has 1 spiro atoms. The number of allylic oxidation sites excluding steroid dienone is 2. The van der Waals surface area contributed by atoms with Gasteiger partial charge in [0.1, 0.15) is 34.6 Å². The normalized spacial score (nSPS) is 30.1. The minimum Gasteiger partial charge on any atom is -0.507 e. The number of aliphatic hydroxyl groups excluding tert-OH is 2. The van der Waals surface area contributed by atoms with E-state index in [-0.39, 0.29) is 61.6 Å². The molecule has 10 atom stereocenters. The van der Waals surface area contributed by atoms with E-state index in [1.165, 1.54) is 33.3 Å². The van der Waals surface area contributed by atoms with Gasteiger partial charge in [-0.2, -0.15) is 0 Å². The van der Waals surface area contributed by atoms with Crippen molar-refractivity contribution in [2.45, 2.75) is 137 Å². The third kappa shape index (κ3) is 11.3. The number of piperidine rings is 2. The van der Waals surface area contributed by atoms with E-state index in [1.54, 1.807) is 64.7 Å². The maximum Gasteiger partial charge on any atom is 0.318 e. The van der Waals surface area contributed by atoms with Crippen molar-refractivity contribution in [2.75, 3.05) is 50.5 Å². The van der Waals surface area contributed by atoms with Crippen LogP contribution in [-0.4, -0.2) is 136 Å². The van der Waals surface area contributed by atoms with Crippen LogP contribution in [0.15, 0.2) is 76.5 Å². The van der Waals surface area contributed by atoms with Gasteiger partial charge < -0.3 is 59.8 Å². The Morgan fingerprint density at radius 1 is 0.883 bits per heavy atom. The van der Waals surface area contributed by atoms with Crippen molar-refractivity contribution in [3.8, 4) is 17.2 Å². The van der Waals surface area contributed by atoms with Crippen molar-refractivity contribution in [3.05, 3.63) is 88.3 Å². The number of benzene rings is 3. The summed E-state index contributed by atoms with van der Waals surface area (Å²) in [5, 5.41) is 54.8. The van der Waals surface area contributed by atoms with Crippen molar-refractivity contribution >= 4 is 45.7 Å². The molecule has 1 unspecified atom stereocenters. The van der Waals surface area contributed by atoms with Gasteiger partial charge in [-0.25, -0.2) is 0 Å². The second kappa shape index (κ2) is 22.9. The number of hydrogen-bond acceptors (Lipinski definition) is 16. The Balaban J connectivity index is 1.14. The van der Waals surface area contributed by atoms with E-state index >= 15 is 4.79 Å². The number of esters is 1. The summed E-state index contributed by atoms with van der Waals surface area (Å²) in [7, 11) is 1.45. The van der Waals surface area contributed by atoms with Gasteiger partial charge in [0.05, 0.1) is 40.9 Å². The van der Waals surface area contributed by atoms with Gasteiger partial charge in [-0.1, -0.05) is 78.0 Å². The van der Waals surface area contributed by atoms with Gasteiger partial charge in [-0.15, -0.1) is 0 Å². The molecule has 416 valence electrons. The Labute approximate surface area is 450 Å². The lowest BCUT2D eigenvalue weighted by molar-refractivity contribution is -0.171. The number of methoxy groups -OCH3 is 1. The fourth-order valence-corrected chi connectivity index (χ4v) is 11.6. The first-order valence-corrected chi connectivity index (χ1v) is 27.2. The van der Waals surface area contributed by atoms with Gasteiger partial charge >= 0.3 is 11.8 Å². The summed E-state index contributed by atoms with van der Waals surface area (Å²) < 4.78 is 24.9. The average Bonchev–Trinajstić information content (AvgIpc) is 4.17. The lowest BCUT2D eigenvalue weighted by atomic mass is 9.78. The summed E-state index contributed by atoms with van der Waals surface area (Å²) in [6.07, 6.45) is 5.72. The molecule has 2 amide bonds. The third-order valence-corrected chi connectivity index (χ3v) is 16.5. The number of ether oxygens (including phenoxy) is 4. The second-order valence-electron chi connectivity index (χ2n) is 22.6. The number of hydrogen-bond donors (Lipinski definition) is 6. The molecule has 6 heterocycles. The highest BCUT2D eigenvalue weighted by Crippen LogP contribution is 2.50. The topological polar surface area (TPSA) is 241 Å². The Bertz CT molecular complexity index is 2960. The maximum atomic E-state index is 15.0. The van der Waals surface area contributed by atoms with Gasteiger partial charge in [0.2, 0.25) is 5.91 Å². The number of carbonyl (C=O) groups is 4. The molecule has 3 aromatic rings. The molecule has 0 aromatic heterocycles. The number of rotatable bonds is 8. The lowest BCUT2D eigenvalue weighted by Gasteiger charge is -2.39. The summed E-state index contributed by atoms with van der Waals surface area (Å²) >= 11 is 0. The van der Waals surface area contributed by atoms with Gasteiger partial charge in [0.15, 0.2) is 11.4 Å². The fraction of sp³-hybridized carbons (Fsp3) is 0.559. The number of likely N-dealkylation sites (tertiary alicyclic amines) is 2. The van der Waals surface area contributed by atoms with Crippen molar-refractivity contribution in [3.63, 3.8) is 0 Å². The standard InChI is InChI=1S/C59H78N6O12/c1-31(2)30-64-27-23-59(24-28-64)62-45-42-43-50(68)37(8)53-44(42)54(70)58(10,77-53)75-29-22-41(74-11)34(5)52(76-57(73)38(9)56(72)65-25-20-40(21-26-65)60-39-18-13-12-14-19-39)36(7)49(67)35(6)48(66)32(3)16-15-17-33(4)55(71)61-47(51(43)69)46(45)63-59/h12-19,22,29,31-32,34-36,38,40-41,48-49,52,60,66-69H,20-21,23-28,30H2,1-11H3,(H,61,71)/b16-15+,29-22+,33-17-/t32-,34+,35+,36+,38?,41-,48-,49+,52+,58-/m0/s1. The van der Waals surface area contributed by atoms with E-state index < -0.39 is 94.6 Å². The number of amides is 2. The molecule has 6 aliphatic rings. The summed E-state index contributed by atoms with van der Waals surface area (Å²) in [6, 6.07) is 10.0. The zero-order valence-electron chi connectivity index (χ0n) is 46.3. The zero-order valence-corrected chi connectivity index (χ0v) is 46.3. The average molecular weight is 1060 g/mol. The minimum atomic E-state index is -2.03. The number of anilines is 2. The predicted molar refractivity (Wildman–Crippen MR) is 291 cm³/mol. The number of phenols is 2. The van der Waals surface area contributed by atoms with Crippen LogP contribution in [0.2, 0.25) is 0 Å². The van der Waals surface area contributed by atoms with Crippen LogP contribution in [-0.2, 0) is 28.6 Å². The van der Waals surface area contributed by atoms with Gasteiger partial charge in [-0.3, -0.25) is 29.2 Å². The van der Waals surface area contributed by atoms with E-state index in [1.807, 2.05) is 30.3 Å². The molecule has 18 nitrogen and oxygen atoms in total. The Morgan fingerprint density at radius 2 is 1.55 bits per heavy atom. The molecule has 77 heavy (non-hydrogen) atoms. The SMILES string of the molecule is CO[C@H]1/C=C/O[C@@]2(C)Oc3c(C)c(O)c4c(O)c(c5c(c4c3C2=O)=NC2(CCN(CC(C)C)CC2)N=5)NC(=O)/C(C)=C\C=C\[C@H](C)[C@H](O)[C@@H](C)[C@@H](O)[C@@H](C)[C@H](OC(=O)C(C)C(=O)N2CCC(Nc3ccccc3)CC2)[C@@H]1C. The Hall–Kier alpha value is -6.34. The summed E-state index contributed by atoms with van der Waals surface area (Å²) in [6.45, 7) is 20.5. The van der Waals surface area contributed by atoms with E-state index in [9.17, 15) is 34.8 Å². The molecule has 6 aliphatic heterocycles. The summed E-state index contributed by atoms with van der Waals surface area (Å²) in [4.78, 5) is 71.7. The Morgan fingerprint density at radius 3 is 2.19 bits per heavy atom. The van der Waals surface area contributed by atoms with E-state index in [4.69, 9.17) is 28.9 Å². The fourth-order valence-electron chi connectivity index (χ4n) is 11.6. The number of carbonyl (C=O) groups excluding carboxylic acids is 4. The summed E-state index contributed by atoms with van der Waals surface area (Å²) in [5.74, 6) is -8.97. The summed E-state index contributed by atoms with van der Waals surface area (Å²) in [5.41, 5.74) is 0.292. The highest BCUT2D eigenvalue weighted by molar-refractivity contribution is 6.19. The maximum absolute atomic E-state index is 15.0. The lowest BCUT2D eigenvalue weighted by Crippen LogP contribution is -2.49. The molecule has 6 N–H and O–H groups in total. The minimum absolute atomic E-state index is 0.00769. The van der Waals surface area contributed by atoms with Crippen LogP contribution in [0, 0.1) is 42.4 Å². The number of aliphatic hydroxyl groups is 2. The monoisotopic (exact) mass is 1060 g/mol. The molecular weight excluding hydrogens is 985 g/mol. The molecule has 2 saturated heterocycles. The van der Waals surface area contributed by atoms with Crippen LogP contribution in [0.1, 0.15) is 104 Å².